The number of hydrogen-bond acceptors (Lipinski definition) is 6. The molecule has 0 radical (unpaired) electrons. The molecule has 200 valence electrons. The monoisotopic (exact) mass is 526 g/mol. The third-order valence-corrected chi connectivity index (χ3v) is 6.72. The van der Waals surface area contributed by atoms with Crippen LogP contribution in [0.4, 0.5) is 4.79 Å². The topological polar surface area (TPSA) is 97.9 Å². The molecular weight excluding hydrogens is 496 g/mol. The van der Waals surface area contributed by atoms with Crippen LogP contribution < -0.4 is 0 Å². The van der Waals surface area contributed by atoms with Crippen LogP contribution >= 0.6 is 0 Å². The number of esters is 2. The molecule has 1 saturated heterocycles. The van der Waals surface area contributed by atoms with Gasteiger partial charge in [-0.2, -0.15) is 0 Å². The molecule has 1 unspecified atom stereocenters. The van der Waals surface area contributed by atoms with E-state index < -0.39 is 35.7 Å². The quantitative estimate of drug-likeness (QED) is 0.239. The number of aromatic nitrogens is 1. The van der Waals surface area contributed by atoms with E-state index in [1.54, 1.807) is 6.20 Å². The Morgan fingerprint density at radius 2 is 1.49 bits per heavy atom. The zero-order valence-electron chi connectivity index (χ0n) is 21.8. The molecule has 0 aliphatic carbocycles. The number of carbonyl (C=O) groups is 3. The summed E-state index contributed by atoms with van der Waals surface area (Å²) in [6.07, 6.45) is 1.21. The number of amides is 1. The Bertz CT molecular complexity index is 1440. The second-order valence-electron chi connectivity index (χ2n) is 10.0. The Morgan fingerprint density at radius 1 is 0.897 bits per heavy atom. The Kier molecular flexibility index (Phi) is 7.36. The zero-order valence-corrected chi connectivity index (χ0v) is 21.8. The van der Waals surface area contributed by atoms with Gasteiger partial charge in [0.25, 0.3) is 5.79 Å². The number of para-hydroxylation sites is 1. The van der Waals surface area contributed by atoms with Gasteiger partial charge in [0.15, 0.2) is 5.92 Å². The average molecular weight is 527 g/mol. The van der Waals surface area contributed by atoms with Gasteiger partial charge in [-0.15, -0.1) is 0 Å². The lowest BCUT2D eigenvalue weighted by molar-refractivity contribution is -0.241. The molecule has 5 rings (SSSR count). The Morgan fingerprint density at radius 3 is 2.15 bits per heavy atom. The number of H-pyrrole nitrogens is 1. The van der Waals surface area contributed by atoms with Crippen LogP contribution in [0.25, 0.3) is 10.9 Å². The molecule has 2 heterocycles. The number of hydrogen-bond donors (Lipinski definition) is 1. The fourth-order valence-electron chi connectivity index (χ4n) is 4.90. The SMILES string of the molecule is CC1(C)OC(=O)C(C(CN(Cc2ccccc2)C(=O)OCc2ccccc2)c2c[nH]c3ccccc23)C(=O)O1. The lowest BCUT2D eigenvalue weighted by atomic mass is 9.84. The van der Waals surface area contributed by atoms with Crippen LogP contribution in [0.2, 0.25) is 0 Å². The Hall–Kier alpha value is -4.59. The molecule has 1 atom stereocenters. The van der Waals surface area contributed by atoms with Gasteiger partial charge in [-0.3, -0.25) is 9.59 Å². The van der Waals surface area contributed by atoms with Gasteiger partial charge in [-0.05, 0) is 22.8 Å². The molecule has 39 heavy (non-hydrogen) atoms. The summed E-state index contributed by atoms with van der Waals surface area (Å²) in [5.74, 6) is -4.77. The van der Waals surface area contributed by atoms with Crippen molar-refractivity contribution in [3.05, 3.63) is 108 Å². The summed E-state index contributed by atoms with van der Waals surface area (Å²) in [5.41, 5.74) is 3.27. The van der Waals surface area contributed by atoms with Crippen LogP contribution in [0.5, 0.6) is 0 Å². The summed E-state index contributed by atoms with van der Waals surface area (Å²) in [7, 11) is 0. The number of benzene rings is 3. The summed E-state index contributed by atoms with van der Waals surface area (Å²) in [5, 5.41) is 0.838. The maximum Gasteiger partial charge on any atom is 0.410 e. The molecule has 4 aromatic rings. The first-order chi connectivity index (χ1) is 18.8. The molecule has 0 saturated carbocycles. The predicted octanol–water partition coefficient (Wildman–Crippen LogP) is 5.54. The van der Waals surface area contributed by atoms with Crippen LogP contribution in [-0.4, -0.2) is 40.2 Å². The number of fused-ring (bicyclic) bond motifs is 1. The molecule has 3 aromatic carbocycles. The van der Waals surface area contributed by atoms with E-state index in [2.05, 4.69) is 4.98 Å². The van der Waals surface area contributed by atoms with Crippen molar-refractivity contribution in [1.82, 2.24) is 9.88 Å². The highest BCUT2D eigenvalue weighted by Gasteiger charge is 2.49. The van der Waals surface area contributed by atoms with Gasteiger partial charge >= 0.3 is 18.0 Å². The van der Waals surface area contributed by atoms with Crippen molar-refractivity contribution in [2.75, 3.05) is 6.54 Å². The van der Waals surface area contributed by atoms with Gasteiger partial charge < -0.3 is 24.1 Å². The zero-order chi connectivity index (χ0) is 27.4. The highest BCUT2D eigenvalue weighted by Crippen LogP contribution is 2.37. The third-order valence-electron chi connectivity index (χ3n) is 6.72. The molecule has 1 fully saturated rings. The second kappa shape index (κ2) is 11.0. The van der Waals surface area contributed by atoms with E-state index >= 15 is 0 Å². The van der Waals surface area contributed by atoms with Crippen LogP contribution in [0.1, 0.15) is 36.5 Å². The van der Waals surface area contributed by atoms with Crippen LogP contribution in [0.15, 0.2) is 91.1 Å². The number of ether oxygens (including phenoxy) is 3. The van der Waals surface area contributed by atoms with Crippen molar-refractivity contribution in [2.24, 2.45) is 5.92 Å². The van der Waals surface area contributed by atoms with E-state index in [0.29, 0.717) is 5.56 Å². The van der Waals surface area contributed by atoms with Crippen molar-refractivity contribution in [3.8, 4) is 0 Å². The summed E-state index contributed by atoms with van der Waals surface area (Å²) in [4.78, 5) is 44.7. The standard InChI is InChI=1S/C31H30N2O6/c1-31(2)38-28(34)27(29(35)39-31)25(24-17-32-26-16-10-9-15-23(24)26)19-33(18-21-11-5-3-6-12-21)30(36)37-20-22-13-7-4-8-14-22/h3-17,25,27,32H,18-20H2,1-2H3. The van der Waals surface area contributed by atoms with Crippen molar-refractivity contribution in [3.63, 3.8) is 0 Å². The van der Waals surface area contributed by atoms with Gasteiger partial charge in [0.05, 0.1) is 0 Å². The third kappa shape index (κ3) is 5.95. The van der Waals surface area contributed by atoms with Gasteiger partial charge in [0, 0.05) is 50.0 Å². The number of aromatic amines is 1. The summed E-state index contributed by atoms with van der Waals surface area (Å²) >= 11 is 0. The molecular formula is C31H30N2O6. The number of nitrogens with one attached hydrogen (secondary N) is 1. The van der Waals surface area contributed by atoms with Crippen molar-refractivity contribution in [2.45, 2.75) is 38.7 Å². The molecule has 1 aromatic heterocycles. The molecule has 1 amide bonds. The molecule has 0 bridgehead atoms. The fourth-order valence-corrected chi connectivity index (χ4v) is 4.90. The van der Waals surface area contributed by atoms with Gasteiger partial charge in [-0.1, -0.05) is 78.9 Å². The minimum absolute atomic E-state index is 0.0136. The van der Waals surface area contributed by atoms with Crippen molar-refractivity contribution in [1.29, 1.82) is 0 Å². The minimum atomic E-state index is -1.37. The van der Waals surface area contributed by atoms with Gasteiger partial charge in [-0.25, -0.2) is 4.79 Å². The first-order valence-corrected chi connectivity index (χ1v) is 12.8. The van der Waals surface area contributed by atoms with E-state index in [-0.39, 0.29) is 19.7 Å². The van der Waals surface area contributed by atoms with Gasteiger partial charge in [0.2, 0.25) is 0 Å². The predicted molar refractivity (Wildman–Crippen MR) is 144 cm³/mol. The number of nitrogens with zero attached hydrogens (tertiary/aromatic N) is 1. The first kappa shape index (κ1) is 26.0. The van der Waals surface area contributed by atoms with Gasteiger partial charge in [0.1, 0.15) is 6.61 Å². The number of carbonyl (C=O) groups excluding carboxylic acids is 3. The largest absolute Gasteiger partial charge is 0.445 e. The fraction of sp³-hybridized carbons (Fsp3) is 0.258. The van der Waals surface area contributed by atoms with Crippen LogP contribution in [-0.2, 0) is 37.0 Å². The van der Waals surface area contributed by atoms with Crippen molar-refractivity contribution < 1.29 is 28.6 Å². The maximum absolute atomic E-state index is 13.5. The van der Waals surface area contributed by atoms with E-state index in [0.717, 1.165) is 22.0 Å². The molecule has 1 aliphatic heterocycles. The molecule has 8 heteroatoms. The summed E-state index contributed by atoms with van der Waals surface area (Å²) < 4.78 is 16.7. The Labute approximate surface area is 226 Å². The molecule has 1 aliphatic rings. The average Bonchev–Trinajstić information content (AvgIpc) is 3.35. The maximum atomic E-state index is 13.5. The summed E-state index contributed by atoms with van der Waals surface area (Å²) in [6.45, 7) is 3.35. The van der Waals surface area contributed by atoms with E-state index in [1.807, 2.05) is 84.9 Å². The van der Waals surface area contributed by atoms with Crippen LogP contribution in [0, 0.1) is 5.92 Å². The molecule has 8 nitrogen and oxygen atoms in total. The molecule has 1 N–H and O–H groups in total. The molecule has 0 spiro atoms. The highest BCUT2D eigenvalue weighted by atomic mass is 16.7. The lowest BCUT2D eigenvalue weighted by Crippen LogP contribution is -2.50. The van der Waals surface area contributed by atoms with Crippen molar-refractivity contribution >= 4 is 28.9 Å². The first-order valence-electron chi connectivity index (χ1n) is 12.8. The smallest absolute Gasteiger partial charge is 0.410 e. The minimum Gasteiger partial charge on any atom is -0.445 e. The second-order valence-corrected chi connectivity index (χ2v) is 10.0. The van der Waals surface area contributed by atoms with E-state index in [4.69, 9.17) is 14.2 Å². The normalized spacial score (nSPS) is 15.8. The number of cyclic esters (lactones) is 2. The number of rotatable bonds is 8. The van der Waals surface area contributed by atoms with Crippen LogP contribution in [0.3, 0.4) is 0 Å². The lowest BCUT2D eigenvalue weighted by Gasteiger charge is -2.37. The Balaban J connectivity index is 1.50. The van der Waals surface area contributed by atoms with E-state index in [1.165, 1.54) is 18.7 Å². The summed E-state index contributed by atoms with van der Waals surface area (Å²) in [6, 6.07) is 26.5. The van der Waals surface area contributed by atoms with E-state index in [9.17, 15) is 14.4 Å². The highest BCUT2D eigenvalue weighted by molar-refractivity contribution is 5.99.